The van der Waals surface area contributed by atoms with Crippen molar-refractivity contribution in [2.75, 3.05) is 44.7 Å². The summed E-state index contributed by atoms with van der Waals surface area (Å²) in [6.45, 7) is 5.10. The van der Waals surface area contributed by atoms with Crippen molar-refractivity contribution in [1.82, 2.24) is 14.8 Å². The lowest BCUT2D eigenvalue weighted by Crippen LogP contribution is -2.44. The van der Waals surface area contributed by atoms with E-state index in [4.69, 9.17) is 27.9 Å². The van der Waals surface area contributed by atoms with Gasteiger partial charge >= 0.3 is 6.03 Å². The molecule has 2 heterocycles. The molecule has 3 rings (SSSR count). The zero-order chi connectivity index (χ0) is 19.1. The highest BCUT2D eigenvalue weighted by Crippen LogP contribution is 2.25. The van der Waals surface area contributed by atoms with Gasteiger partial charge in [0, 0.05) is 50.8 Å². The van der Waals surface area contributed by atoms with Gasteiger partial charge in [0.05, 0.1) is 23.3 Å². The van der Waals surface area contributed by atoms with Gasteiger partial charge in [-0.05, 0) is 29.8 Å². The van der Waals surface area contributed by atoms with Crippen molar-refractivity contribution in [3.63, 3.8) is 0 Å². The molecule has 0 atom stereocenters. The number of benzene rings is 1. The fraction of sp³-hybridized carbons (Fsp3) is 0.368. The van der Waals surface area contributed by atoms with Crippen LogP contribution >= 0.6 is 23.2 Å². The number of morpholine rings is 1. The molecule has 0 saturated carbocycles. The molecule has 2 amide bonds. The zero-order valence-electron chi connectivity index (χ0n) is 14.9. The third kappa shape index (κ3) is 6.07. The maximum Gasteiger partial charge on any atom is 0.322 e. The predicted octanol–water partition coefficient (Wildman–Crippen LogP) is 3.75. The number of rotatable bonds is 6. The Kier molecular flexibility index (Phi) is 7.29. The normalized spacial score (nSPS) is 14.7. The molecule has 8 heteroatoms. The summed E-state index contributed by atoms with van der Waals surface area (Å²) in [6, 6.07) is 8.68. The first kappa shape index (κ1) is 19.9. The van der Waals surface area contributed by atoms with Crippen LogP contribution in [0.1, 0.15) is 5.56 Å². The molecule has 0 unspecified atom stereocenters. The minimum atomic E-state index is -0.189. The van der Waals surface area contributed by atoms with Crippen LogP contribution in [-0.2, 0) is 11.3 Å². The van der Waals surface area contributed by atoms with Crippen molar-refractivity contribution in [2.45, 2.75) is 6.54 Å². The Bertz CT molecular complexity index is 755. The number of amides is 2. The second-order valence-corrected chi connectivity index (χ2v) is 7.11. The third-order valence-corrected chi connectivity index (χ3v) is 5.08. The predicted molar refractivity (Wildman–Crippen MR) is 107 cm³/mol. The number of urea groups is 1. The van der Waals surface area contributed by atoms with Gasteiger partial charge in [-0.15, -0.1) is 0 Å². The van der Waals surface area contributed by atoms with Crippen molar-refractivity contribution in [2.24, 2.45) is 0 Å². The van der Waals surface area contributed by atoms with Gasteiger partial charge in [-0.1, -0.05) is 29.3 Å². The Morgan fingerprint density at radius 3 is 2.74 bits per heavy atom. The van der Waals surface area contributed by atoms with Gasteiger partial charge in [0.2, 0.25) is 0 Å². The fourth-order valence-electron chi connectivity index (χ4n) is 2.83. The molecule has 1 saturated heterocycles. The lowest BCUT2D eigenvalue weighted by molar-refractivity contribution is 0.0349. The maximum absolute atomic E-state index is 12.9. The number of aromatic nitrogens is 1. The molecule has 0 bridgehead atoms. The van der Waals surface area contributed by atoms with Gasteiger partial charge in [0.15, 0.2) is 0 Å². The van der Waals surface area contributed by atoms with E-state index >= 15 is 0 Å². The molecule has 1 fully saturated rings. The number of pyridine rings is 1. The Hall–Kier alpha value is -1.86. The number of hydrogen-bond donors (Lipinski definition) is 1. The van der Waals surface area contributed by atoms with Crippen LogP contribution in [0.4, 0.5) is 10.5 Å². The van der Waals surface area contributed by atoms with Crippen molar-refractivity contribution in [3.8, 4) is 0 Å². The molecular formula is C19H22Cl2N4O2. The van der Waals surface area contributed by atoms with Crippen LogP contribution in [0.5, 0.6) is 0 Å². The lowest BCUT2D eigenvalue weighted by Gasteiger charge is -2.30. The number of halogens is 2. The van der Waals surface area contributed by atoms with Crippen LogP contribution in [0.3, 0.4) is 0 Å². The van der Waals surface area contributed by atoms with Gasteiger partial charge in [0.1, 0.15) is 0 Å². The second kappa shape index (κ2) is 9.90. The molecule has 1 aromatic heterocycles. The van der Waals surface area contributed by atoms with Gasteiger partial charge < -0.3 is 15.0 Å². The van der Waals surface area contributed by atoms with E-state index in [1.54, 1.807) is 35.5 Å². The number of nitrogens with zero attached hydrogens (tertiary/aromatic N) is 3. The van der Waals surface area contributed by atoms with Crippen LogP contribution < -0.4 is 5.32 Å². The molecule has 0 radical (unpaired) electrons. The molecule has 1 aliphatic rings. The minimum absolute atomic E-state index is 0.189. The highest BCUT2D eigenvalue weighted by molar-refractivity contribution is 6.42. The third-order valence-electron chi connectivity index (χ3n) is 4.34. The second-order valence-electron chi connectivity index (χ2n) is 6.30. The molecule has 1 N–H and O–H groups in total. The zero-order valence-corrected chi connectivity index (χ0v) is 16.4. The molecule has 27 heavy (non-hydrogen) atoms. The molecule has 1 aliphatic heterocycles. The topological polar surface area (TPSA) is 57.7 Å². The number of anilines is 1. The number of carbonyl (C=O) groups is 1. The Morgan fingerprint density at radius 2 is 2.04 bits per heavy atom. The van der Waals surface area contributed by atoms with E-state index in [9.17, 15) is 4.79 Å². The van der Waals surface area contributed by atoms with Crippen LogP contribution in [0.15, 0.2) is 42.7 Å². The summed E-state index contributed by atoms with van der Waals surface area (Å²) < 4.78 is 5.38. The average molecular weight is 409 g/mol. The van der Waals surface area contributed by atoms with Crippen molar-refractivity contribution >= 4 is 34.9 Å². The first-order valence-electron chi connectivity index (χ1n) is 8.82. The summed E-state index contributed by atoms with van der Waals surface area (Å²) in [4.78, 5) is 21.1. The van der Waals surface area contributed by atoms with Crippen LogP contribution in [-0.4, -0.2) is 60.2 Å². The number of ether oxygens (including phenoxy) is 1. The molecule has 0 spiro atoms. The van der Waals surface area contributed by atoms with E-state index in [2.05, 4.69) is 15.2 Å². The number of carbonyl (C=O) groups excluding carboxylic acids is 1. The first-order chi connectivity index (χ1) is 13.1. The van der Waals surface area contributed by atoms with Crippen molar-refractivity contribution in [3.05, 3.63) is 58.3 Å². The summed E-state index contributed by atoms with van der Waals surface area (Å²) >= 11 is 12.0. The molecule has 144 valence electrons. The maximum atomic E-state index is 12.9. The molecule has 6 nitrogen and oxygen atoms in total. The Balaban J connectivity index is 1.66. The van der Waals surface area contributed by atoms with Gasteiger partial charge in [0.25, 0.3) is 0 Å². The van der Waals surface area contributed by atoms with E-state index in [0.29, 0.717) is 28.8 Å². The molecule has 2 aromatic rings. The monoisotopic (exact) mass is 408 g/mol. The Morgan fingerprint density at radius 1 is 1.22 bits per heavy atom. The van der Waals surface area contributed by atoms with E-state index in [0.717, 1.165) is 38.4 Å². The fourth-order valence-corrected chi connectivity index (χ4v) is 3.13. The summed E-state index contributed by atoms with van der Waals surface area (Å²) in [7, 11) is 0. The summed E-state index contributed by atoms with van der Waals surface area (Å²) in [5.41, 5.74) is 1.58. The highest BCUT2D eigenvalue weighted by atomic mass is 35.5. The summed E-state index contributed by atoms with van der Waals surface area (Å²) in [6.07, 6.45) is 3.49. The summed E-state index contributed by atoms with van der Waals surface area (Å²) in [5.74, 6) is 0. The smallest absolute Gasteiger partial charge is 0.322 e. The average Bonchev–Trinajstić information content (AvgIpc) is 2.69. The van der Waals surface area contributed by atoms with E-state index in [1.807, 2.05) is 12.1 Å². The SMILES string of the molecule is O=C(Nc1ccc(Cl)c(Cl)c1)N(CCN1CCOCC1)Cc1cccnc1. The minimum Gasteiger partial charge on any atom is -0.379 e. The van der Waals surface area contributed by atoms with E-state index < -0.39 is 0 Å². The quantitative estimate of drug-likeness (QED) is 0.790. The van der Waals surface area contributed by atoms with Gasteiger partial charge in [-0.2, -0.15) is 0 Å². The first-order valence-corrected chi connectivity index (χ1v) is 9.57. The largest absolute Gasteiger partial charge is 0.379 e. The van der Waals surface area contributed by atoms with Crippen LogP contribution in [0, 0.1) is 0 Å². The standard InChI is InChI=1S/C19H22Cl2N4O2/c20-17-4-3-16(12-18(17)21)23-19(26)25(14-15-2-1-5-22-13-15)7-6-24-8-10-27-11-9-24/h1-5,12-13H,6-11,14H2,(H,23,26). The number of hydrogen-bond acceptors (Lipinski definition) is 4. The van der Waals surface area contributed by atoms with E-state index in [1.165, 1.54) is 0 Å². The van der Waals surface area contributed by atoms with Gasteiger partial charge in [-0.25, -0.2) is 4.79 Å². The molecule has 1 aromatic carbocycles. The lowest BCUT2D eigenvalue weighted by atomic mass is 10.2. The van der Waals surface area contributed by atoms with Gasteiger partial charge in [-0.3, -0.25) is 9.88 Å². The van der Waals surface area contributed by atoms with Crippen LogP contribution in [0.25, 0.3) is 0 Å². The highest BCUT2D eigenvalue weighted by Gasteiger charge is 2.18. The Labute approximate surface area is 169 Å². The summed E-state index contributed by atoms with van der Waals surface area (Å²) in [5, 5.41) is 3.76. The molecular weight excluding hydrogens is 387 g/mol. The van der Waals surface area contributed by atoms with Crippen molar-refractivity contribution in [1.29, 1.82) is 0 Å². The molecule has 0 aliphatic carbocycles. The van der Waals surface area contributed by atoms with E-state index in [-0.39, 0.29) is 6.03 Å². The van der Waals surface area contributed by atoms with Crippen LogP contribution in [0.2, 0.25) is 10.0 Å². The van der Waals surface area contributed by atoms with Crippen molar-refractivity contribution < 1.29 is 9.53 Å². The number of nitrogens with one attached hydrogen (secondary N) is 1.